The van der Waals surface area contributed by atoms with Gasteiger partial charge in [0.25, 0.3) is 0 Å². The third-order valence-electron chi connectivity index (χ3n) is 3.50. The average Bonchev–Trinajstić information content (AvgIpc) is 2.95. The van der Waals surface area contributed by atoms with Crippen molar-refractivity contribution in [2.75, 3.05) is 7.11 Å². The molecular weight excluding hydrogens is 298 g/mol. The van der Waals surface area contributed by atoms with Crippen LogP contribution in [-0.2, 0) is 11.2 Å². The highest BCUT2D eigenvalue weighted by Crippen LogP contribution is 2.18. The zero-order chi connectivity index (χ0) is 17.0. The number of nitrogens with zero attached hydrogens (tertiary/aromatic N) is 1. The fourth-order valence-electron chi connectivity index (χ4n) is 2.18. The van der Waals surface area contributed by atoms with Crippen molar-refractivity contribution < 1.29 is 23.6 Å². The van der Waals surface area contributed by atoms with E-state index >= 15 is 0 Å². The molecule has 23 heavy (non-hydrogen) atoms. The third-order valence-corrected chi connectivity index (χ3v) is 3.50. The summed E-state index contributed by atoms with van der Waals surface area (Å²) < 4.78 is 15.3. The van der Waals surface area contributed by atoms with Gasteiger partial charge in [0, 0.05) is 5.56 Å². The Kier molecular flexibility index (Phi) is 5.16. The lowest BCUT2D eigenvalue weighted by Gasteiger charge is -2.12. The van der Waals surface area contributed by atoms with Crippen molar-refractivity contribution in [3.63, 3.8) is 0 Å². The molecule has 6 heteroatoms. The Bertz CT molecular complexity index is 702. The van der Waals surface area contributed by atoms with Gasteiger partial charge < -0.3 is 14.0 Å². The minimum absolute atomic E-state index is 0.284. The molecule has 0 saturated carbocycles. The van der Waals surface area contributed by atoms with E-state index in [1.807, 2.05) is 6.92 Å². The molecule has 1 aromatic heterocycles. The number of ketones is 1. The van der Waals surface area contributed by atoms with Gasteiger partial charge in [-0.3, -0.25) is 4.79 Å². The van der Waals surface area contributed by atoms with Crippen molar-refractivity contribution in [1.82, 2.24) is 5.16 Å². The van der Waals surface area contributed by atoms with E-state index in [4.69, 9.17) is 14.0 Å². The molecule has 0 N–H and O–H groups in total. The van der Waals surface area contributed by atoms with Gasteiger partial charge in [-0.1, -0.05) is 12.1 Å². The number of aromatic nitrogens is 1. The minimum atomic E-state index is -0.907. The second kappa shape index (κ2) is 7.09. The number of hydrogen-bond donors (Lipinski definition) is 0. The molecule has 0 aliphatic carbocycles. The van der Waals surface area contributed by atoms with E-state index < -0.39 is 12.1 Å². The lowest BCUT2D eigenvalue weighted by molar-refractivity contribution is 0.0316. The quantitative estimate of drug-likeness (QED) is 0.602. The van der Waals surface area contributed by atoms with Crippen molar-refractivity contribution in [2.24, 2.45) is 0 Å². The number of ether oxygens (including phenoxy) is 2. The molecule has 0 spiro atoms. The number of esters is 1. The number of carbonyl (C=O) groups is 2. The van der Waals surface area contributed by atoms with E-state index in [0.29, 0.717) is 34.8 Å². The Balaban J connectivity index is 2.10. The van der Waals surface area contributed by atoms with Crippen LogP contribution in [0.15, 0.2) is 28.8 Å². The number of rotatable bonds is 6. The summed E-state index contributed by atoms with van der Waals surface area (Å²) in [5, 5.41) is 3.81. The summed E-state index contributed by atoms with van der Waals surface area (Å²) >= 11 is 0. The second-order valence-corrected chi connectivity index (χ2v) is 5.05. The van der Waals surface area contributed by atoms with Crippen LogP contribution in [0.4, 0.5) is 0 Å². The molecule has 1 aromatic carbocycles. The molecule has 1 unspecified atom stereocenters. The lowest BCUT2D eigenvalue weighted by atomic mass is 10.1. The molecule has 0 radical (unpaired) electrons. The number of aryl methyl sites for hydroxylation is 2. The van der Waals surface area contributed by atoms with E-state index in [0.717, 1.165) is 0 Å². The maximum Gasteiger partial charge on any atom is 0.344 e. The van der Waals surface area contributed by atoms with Crippen LogP contribution in [0.2, 0.25) is 0 Å². The Morgan fingerprint density at radius 1 is 1.26 bits per heavy atom. The van der Waals surface area contributed by atoms with Crippen LogP contribution in [0.5, 0.6) is 5.75 Å². The minimum Gasteiger partial charge on any atom is -0.497 e. The lowest BCUT2D eigenvalue weighted by Crippen LogP contribution is -2.25. The first-order valence-electron chi connectivity index (χ1n) is 7.32. The van der Waals surface area contributed by atoms with Gasteiger partial charge in [0.1, 0.15) is 17.1 Å². The van der Waals surface area contributed by atoms with E-state index in [2.05, 4.69) is 5.16 Å². The summed E-state index contributed by atoms with van der Waals surface area (Å²) in [6.45, 7) is 5.04. The first kappa shape index (κ1) is 16.7. The predicted octanol–water partition coefficient (Wildman–Crippen LogP) is 2.98. The Morgan fingerprint density at radius 3 is 2.48 bits per heavy atom. The van der Waals surface area contributed by atoms with Gasteiger partial charge in [0.2, 0.25) is 5.78 Å². The van der Waals surface area contributed by atoms with Crippen LogP contribution in [-0.4, -0.2) is 30.1 Å². The molecule has 0 saturated heterocycles. The smallest absolute Gasteiger partial charge is 0.344 e. The van der Waals surface area contributed by atoms with Crippen LogP contribution in [0.25, 0.3) is 0 Å². The van der Waals surface area contributed by atoms with Gasteiger partial charge in [0.15, 0.2) is 6.10 Å². The van der Waals surface area contributed by atoms with Crippen molar-refractivity contribution in [3.8, 4) is 5.75 Å². The first-order chi connectivity index (χ1) is 11.0. The molecular formula is C17H19NO5. The normalized spacial score (nSPS) is 11.8. The Hall–Kier alpha value is -2.63. The monoisotopic (exact) mass is 317 g/mol. The van der Waals surface area contributed by atoms with Crippen LogP contribution in [0, 0.1) is 6.92 Å². The summed E-state index contributed by atoms with van der Waals surface area (Å²) in [5.41, 5.74) is 1.27. The predicted molar refractivity (Wildman–Crippen MR) is 82.8 cm³/mol. The third kappa shape index (κ3) is 3.59. The molecule has 2 rings (SSSR count). The summed E-state index contributed by atoms with van der Waals surface area (Å²) in [7, 11) is 1.55. The average molecular weight is 317 g/mol. The largest absolute Gasteiger partial charge is 0.497 e. The first-order valence-corrected chi connectivity index (χ1v) is 7.32. The summed E-state index contributed by atoms with van der Waals surface area (Å²) in [6, 6.07) is 6.63. The fourth-order valence-corrected chi connectivity index (χ4v) is 2.18. The molecule has 0 aliphatic rings. The molecule has 0 fully saturated rings. The number of Topliss-reactive ketones (excluding diaryl/α,β-unsaturated/α-hetero) is 1. The second-order valence-electron chi connectivity index (χ2n) is 5.05. The highest BCUT2D eigenvalue weighted by atomic mass is 16.5. The van der Waals surface area contributed by atoms with Crippen LogP contribution >= 0.6 is 0 Å². The topological polar surface area (TPSA) is 78.6 Å². The van der Waals surface area contributed by atoms with Gasteiger partial charge >= 0.3 is 5.97 Å². The SMILES string of the molecule is CCc1noc(C)c1C(=O)OC(C)C(=O)c1ccc(OC)cc1. The maximum absolute atomic E-state index is 12.3. The number of hydrogen-bond acceptors (Lipinski definition) is 6. The van der Waals surface area contributed by atoms with Gasteiger partial charge in [-0.05, 0) is 44.5 Å². The van der Waals surface area contributed by atoms with E-state index in [1.165, 1.54) is 0 Å². The van der Waals surface area contributed by atoms with E-state index in [9.17, 15) is 9.59 Å². The molecule has 0 aliphatic heterocycles. The summed E-state index contributed by atoms with van der Waals surface area (Å²) in [6.07, 6.45) is -0.363. The number of methoxy groups -OCH3 is 1. The fraction of sp³-hybridized carbons (Fsp3) is 0.353. The molecule has 0 amide bonds. The van der Waals surface area contributed by atoms with Crippen LogP contribution in [0.3, 0.4) is 0 Å². The maximum atomic E-state index is 12.3. The zero-order valence-corrected chi connectivity index (χ0v) is 13.6. The number of carbonyl (C=O) groups excluding carboxylic acids is 2. The van der Waals surface area contributed by atoms with Crippen molar-refractivity contribution in [3.05, 3.63) is 46.8 Å². The molecule has 122 valence electrons. The van der Waals surface area contributed by atoms with Gasteiger partial charge in [-0.2, -0.15) is 0 Å². The van der Waals surface area contributed by atoms with E-state index in [-0.39, 0.29) is 5.78 Å². The standard InChI is InChI=1S/C17H19NO5/c1-5-14-15(10(2)23-18-14)17(20)22-11(3)16(19)12-6-8-13(21-4)9-7-12/h6-9,11H,5H2,1-4H3. The van der Waals surface area contributed by atoms with Crippen LogP contribution in [0.1, 0.15) is 46.0 Å². The molecule has 1 atom stereocenters. The molecule has 6 nitrogen and oxygen atoms in total. The highest BCUT2D eigenvalue weighted by molar-refractivity contribution is 6.01. The summed E-state index contributed by atoms with van der Waals surface area (Å²) in [4.78, 5) is 24.6. The molecule has 1 heterocycles. The Morgan fingerprint density at radius 2 is 1.91 bits per heavy atom. The molecule has 2 aromatic rings. The van der Waals surface area contributed by atoms with Gasteiger partial charge in [0.05, 0.1) is 12.8 Å². The van der Waals surface area contributed by atoms with Gasteiger partial charge in [-0.15, -0.1) is 0 Å². The molecule has 0 bridgehead atoms. The van der Waals surface area contributed by atoms with Crippen molar-refractivity contribution in [2.45, 2.75) is 33.3 Å². The zero-order valence-electron chi connectivity index (χ0n) is 13.6. The summed E-state index contributed by atoms with van der Waals surface area (Å²) in [5.74, 6) is 0.151. The van der Waals surface area contributed by atoms with Crippen molar-refractivity contribution in [1.29, 1.82) is 0 Å². The Labute approximate surface area is 134 Å². The van der Waals surface area contributed by atoms with Gasteiger partial charge in [-0.25, -0.2) is 4.79 Å². The van der Waals surface area contributed by atoms with Crippen molar-refractivity contribution >= 4 is 11.8 Å². The van der Waals surface area contributed by atoms with E-state index in [1.54, 1.807) is 45.2 Å². The van der Waals surface area contributed by atoms with Crippen LogP contribution < -0.4 is 4.74 Å². The number of benzene rings is 1. The highest BCUT2D eigenvalue weighted by Gasteiger charge is 2.25.